The van der Waals surface area contributed by atoms with Crippen molar-refractivity contribution in [2.75, 3.05) is 19.0 Å². The minimum absolute atomic E-state index is 0.0409. The highest BCUT2D eigenvalue weighted by Gasteiger charge is 2.33. The molecule has 2 N–H and O–H groups in total. The third-order valence-corrected chi connectivity index (χ3v) is 4.29. The average molecular weight is 359 g/mol. The molecule has 134 valence electrons. The van der Waals surface area contributed by atoms with Gasteiger partial charge in [-0.1, -0.05) is 18.2 Å². The smallest absolute Gasteiger partial charge is 0.416 e. The SMILES string of the molecule is CN(C)c1ccc2c(c1)OC(N)=C(C#N)C2c1ccc(C(F)(F)F)cc1. The summed E-state index contributed by atoms with van der Waals surface area (Å²) in [4.78, 5) is 1.89. The summed E-state index contributed by atoms with van der Waals surface area (Å²) in [6, 6.07) is 12.2. The number of nitriles is 1. The topological polar surface area (TPSA) is 62.3 Å². The predicted molar refractivity (Wildman–Crippen MR) is 91.5 cm³/mol. The second-order valence-electron chi connectivity index (χ2n) is 6.16. The molecule has 0 saturated carbocycles. The second kappa shape index (κ2) is 6.30. The summed E-state index contributed by atoms with van der Waals surface area (Å²) in [7, 11) is 3.75. The van der Waals surface area contributed by atoms with E-state index in [1.165, 1.54) is 12.1 Å². The maximum absolute atomic E-state index is 12.8. The van der Waals surface area contributed by atoms with Gasteiger partial charge in [0.1, 0.15) is 17.4 Å². The van der Waals surface area contributed by atoms with Crippen LogP contribution in [0.4, 0.5) is 18.9 Å². The van der Waals surface area contributed by atoms with Crippen molar-refractivity contribution in [3.8, 4) is 11.8 Å². The lowest BCUT2D eigenvalue weighted by Crippen LogP contribution is -2.21. The van der Waals surface area contributed by atoms with Gasteiger partial charge in [-0.2, -0.15) is 18.4 Å². The number of rotatable bonds is 2. The molecule has 0 saturated heterocycles. The van der Waals surface area contributed by atoms with E-state index in [1.54, 1.807) is 12.1 Å². The molecule has 0 amide bonds. The van der Waals surface area contributed by atoms with Gasteiger partial charge < -0.3 is 15.4 Å². The first kappa shape index (κ1) is 17.7. The van der Waals surface area contributed by atoms with Gasteiger partial charge in [0.15, 0.2) is 0 Å². The van der Waals surface area contributed by atoms with Crippen molar-refractivity contribution in [1.82, 2.24) is 0 Å². The van der Waals surface area contributed by atoms with Crippen LogP contribution in [0.2, 0.25) is 0 Å². The maximum Gasteiger partial charge on any atom is 0.416 e. The van der Waals surface area contributed by atoms with Gasteiger partial charge in [-0.25, -0.2) is 0 Å². The lowest BCUT2D eigenvalue weighted by atomic mass is 9.83. The molecular formula is C19H16F3N3O. The number of benzene rings is 2. The molecule has 1 aliphatic heterocycles. The molecule has 0 aromatic heterocycles. The molecule has 26 heavy (non-hydrogen) atoms. The van der Waals surface area contributed by atoms with Gasteiger partial charge in [0.05, 0.1) is 11.5 Å². The largest absolute Gasteiger partial charge is 0.440 e. The quantitative estimate of drug-likeness (QED) is 0.881. The Morgan fingerprint density at radius 1 is 1.12 bits per heavy atom. The third kappa shape index (κ3) is 3.06. The van der Waals surface area contributed by atoms with Crippen LogP contribution in [0.25, 0.3) is 0 Å². The Kier molecular flexibility index (Phi) is 4.28. The van der Waals surface area contributed by atoms with Gasteiger partial charge in [0.2, 0.25) is 5.88 Å². The number of anilines is 1. The highest BCUT2D eigenvalue weighted by Crippen LogP contribution is 2.43. The van der Waals surface area contributed by atoms with Crippen molar-refractivity contribution in [3.63, 3.8) is 0 Å². The Bertz CT molecular complexity index is 909. The van der Waals surface area contributed by atoms with E-state index in [2.05, 4.69) is 0 Å². The minimum atomic E-state index is -4.42. The Balaban J connectivity index is 2.12. The molecule has 0 radical (unpaired) electrons. The number of nitrogens with zero attached hydrogens (tertiary/aromatic N) is 2. The van der Waals surface area contributed by atoms with Crippen LogP contribution >= 0.6 is 0 Å². The van der Waals surface area contributed by atoms with E-state index in [0.717, 1.165) is 17.8 Å². The van der Waals surface area contributed by atoms with Crippen LogP contribution in [0, 0.1) is 11.3 Å². The molecule has 7 heteroatoms. The zero-order chi connectivity index (χ0) is 19.1. The van der Waals surface area contributed by atoms with Crippen LogP contribution in [0.5, 0.6) is 5.75 Å². The fourth-order valence-corrected chi connectivity index (χ4v) is 2.93. The van der Waals surface area contributed by atoms with Gasteiger partial charge in [-0.05, 0) is 23.8 Å². The van der Waals surface area contributed by atoms with Crippen molar-refractivity contribution in [2.24, 2.45) is 5.73 Å². The maximum atomic E-state index is 12.8. The van der Waals surface area contributed by atoms with Crippen molar-refractivity contribution in [3.05, 3.63) is 70.6 Å². The van der Waals surface area contributed by atoms with Gasteiger partial charge in [0, 0.05) is 31.4 Å². The molecule has 4 nitrogen and oxygen atoms in total. The van der Waals surface area contributed by atoms with Gasteiger partial charge >= 0.3 is 6.18 Å². The molecule has 1 heterocycles. The van der Waals surface area contributed by atoms with E-state index in [1.807, 2.05) is 31.1 Å². The molecule has 0 aliphatic carbocycles. The zero-order valence-electron chi connectivity index (χ0n) is 14.1. The molecule has 2 aromatic rings. The molecule has 1 atom stereocenters. The summed E-state index contributed by atoms with van der Waals surface area (Å²) in [6.07, 6.45) is -4.42. The number of allylic oxidation sites excluding steroid dienone is 1. The normalized spacial score (nSPS) is 16.5. The summed E-state index contributed by atoms with van der Waals surface area (Å²) in [5.41, 5.74) is 7.43. The van der Waals surface area contributed by atoms with Crippen LogP contribution in [-0.2, 0) is 6.18 Å². The van der Waals surface area contributed by atoms with Crippen LogP contribution in [0.1, 0.15) is 22.6 Å². The molecule has 0 fully saturated rings. The van der Waals surface area contributed by atoms with Crippen LogP contribution in [0.3, 0.4) is 0 Å². The summed E-state index contributed by atoms with van der Waals surface area (Å²) in [5, 5.41) is 9.49. The second-order valence-corrected chi connectivity index (χ2v) is 6.16. The third-order valence-electron chi connectivity index (χ3n) is 4.29. The summed E-state index contributed by atoms with van der Waals surface area (Å²) >= 11 is 0. The summed E-state index contributed by atoms with van der Waals surface area (Å²) < 4.78 is 44.0. The fourth-order valence-electron chi connectivity index (χ4n) is 2.93. The first-order chi connectivity index (χ1) is 12.2. The van der Waals surface area contributed by atoms with Crippen LogP contribution in [0.15, 0.2) is 53.9 Å². The number of fused-ring (bicyclic) bond motifs is 1. The molecule has 1 aliphatic rings. The van der Waals surface area contributed by atoms with E-state index in [9.17, 15) is 18.4 Å². The minimum Gasteiger partial charge on any atom is -0.440 e. The number of halogens is 3. The van der Waals surface area contributed by atoms with Crippen molar-refractivity contribution in [2.45, 2.75) is 12.1 Å². The van der Waals surface area contributed by atoms with Crippen LogP contribution in [-0.4, -0.2) is 14.1 Å². The van der Waals surface area contributed by atoms with Crippen LogP contribution < -0.4 is 15.4 Å². The molecule has 0 spiro atoms. The number of hydrogen-bond donors (Lipinski definition) is 1. The van der Waals surface area contributed by atoms with Crippen molar-refractivity contribution < 1.29 is 17.9 Å². The summed E-state index contributed by atoms with van der Waals surface area (Å²) in [5.74, 6) is -0.138. The molecular weight excluding hydrogens is 343 g/mol. The Hall–Kier alpha value is -3.14. The van der Waals surface area contributed by atoms with Gasteiger partial charge in [0.25, 0.3) is 0 Å². The van der Waals surface area contributed by atoms with E-state index in [0.29, 0.717) is 16.9 Å². The van der Waals surface area contributed by atoms with Gasteiger partial charge in [-0.3, -0.25) is 0 Å². The van der Waals surface area contributed by atoms with Crippen molar-refractivity contribution >= 4 is 5.69 Å². The van der Waals surface area contributed by atoms with E-state index < -0.39 is 17.7 Å². The van der Waals surface area contributed by atoms with E-state index in [4.69, 9.17) is 10.5 Å². The van der Waals surface area contributed by atoms with E-state index in [-0.39, 0.29) is 11.5 Å². The molecule has 0 bridgehead atoms. The fraction of sp³-hybridized carbons (Fsp3) is 0.211. The first-order valence-electron chi connectivity index (χ1n) is 7.78. The average Bonchev–Trinajstić information content (AvgIpc) is 2.59. The lowest BCUT2D eigenvalue weighted by molar-refractivity contribution is -0.137. The number of nitrogens with two attached hydrogens (primary N) is 1. The monoisotopic (exact) mass is 359 g/mol. The Morgan fingerprint density at radius 3 is 2.31 bits per heavy atom. The summed E-state index contributed by atoms with van der Waals surface area (Å²) in [6.45, 7) is 0. The number of hydrogen-bond acceptors (Lipinski definition) is 4. The van der Waals surface area contributed by atoms with E-state index >= 15 is 0 Å². The first-order valence-corrected chi connectivity index (χ1v) is 7.78. The highest BCUT2D eigenvalue weighted by atomic mass is 19.4. The Labute approximate surface area is 148 Å². The molecule has 2 aromatic carbocycles. The standard InChI is InChI=1S/C19H16F3N3O/c1-25(2)13-7-8-14-16(9-13)26-18(24)15(10-23)17(14)11-3-5-12(6-4-11)19(20,21)22/h3-9,17H,24H2,1-2H3. The zero-order valence-corrected chi connectivity index (χ0v) is 14.1. The molecule has 3 rings (SSSR count). The Morgan fingerprint density at radius 2 is 1.77 bits per heavy atom. The molecule has 1 unspecified atom stereocenters. The predicted octanol–water partition coefficient (Wildman–Crippen LogP) is 3.99. The van der Waals surface area contributed by atoms with Gasteiger partial charge in [-0.15, -0.1) is 0 Å². The van der Waals surface area contributed by atoms with Crippen molar-refractivity contribution in [1.29, 1.82) is 5.26 Å². The number of alkyl halides is 3. The number of ether oxygens (including phenoxy) is 1. The highest BCUT2D eigenvalue weighted by molar-refractivity contribution is 5.61. The lowest BCUT2D eigenvalue weighted by Gasteiger charge is -2.27.